The number of piperazine rings is 1. The Morgan fingerprint density at radius 3 is 2.32 bits per heavy atom. The monoisotopic (exact) mass is 639 g/mol. The van der Waals surface area contributed by atoms with Crippen LogP contribution in [0, 0.1) is 19.3 Å². The summed E-state index contributed by atoms with van der Waals surface area (Å²) in [4.78, 5) is 34.6. The van der Waals surface area contributed by atoms with Crippen molar-refractivity contribution < 1.29 is 9.53 Å². The van der Waals surface area contributed by atoms with Gasteiger partial charge in [0.05, 0.1) is 13.2 Å². The maximum atomic E-state index is 12.8. The molecule has 11 heteroatoms. The molecule has 3 aliphatic heterocycles. The van der Waals surface area contributed by atoms with Gasteiger partial charge in [-0.3, -0.25) is 14.7 Å². The number of carbonyl (C=O) groups excluding carboxylic acids is 1. The Kier molecular flexibility index (Phi) is 9.04. The minimum absolute atomic E-state index is 0.113. The van der Waals surface area contributed by atoms with Crippen molar-refractivity contribution in [2.45, 2.75) is 64.5 Å². The van der Waals surface area contributed by atoms with Crippen molar-refractivity contribution in [1.82, 2.24) is 24.8 Å². The van der Waals surface area contributed by atoms with Crippen molar-refractivity contribution in [3.8, 4) is 11.3 Å². The van der Waals surface area contributed by atoms with Gasteiger partial charge in [-0.15, -0.1) is 0 Å². The Balaban J connectivity index is 1.10. The van der Waals surface area contributed by atoms with E-state index in [9.17, 15) is 4.79 Å². The van der Waals surface area contributed by atoms with Gasteiger partial charge in [-0.1, -0.05) is 0 Å². The number of benzene rings is 1. The lowest BCUT2D eigenvalue weighted by Gasteiger charge is -2.46. The van der Waals surface area contributed by atoms with E-state index in [1.165, 1.54) is 37.2 Å². The molecule has 0 atom stereocenters. The Labute approximate surface area is 278 Å². The quantitative estimate of drug-likeness (QED) is 0.323. The molecule has 250 valence electrons. The van der Waals surface area contributed by atoms with Crippen LogP contribution in [0.3, 0.4) is 0 Å². The number of pyridine rings is 1. The van der Waals surface area contributed by atoms with Crippen molar-refractivity contribution in [3.05, 3.63) is 53.5 Å². The first-order chi connectivity index (χ1) is 22.7. The lowest BCUT2D eigenvalue weighted by molar-refractivity contribution is -0.131. The summed E-state index contributed by atoms with van der Waals surface area (Å²) in [5.41, 5.74) is 12.0. The number of aryl methyl sites for hydroxylation is 2. The predicted molar refractivity (Wildman–Crippen MR) is 186 cm³/mol. The van der Waals surface area contributed by atoms with E-state index in [0.29, 0.717) is 28.8 Å². The van der Waals surface area contributed by atoms with Gasteiger partial charge in [-0.25, -0.2) is 9.97 Å². The van der Waals surface area contributed by atoms with E-state index in [4.69, 9.17) is 20.4 Å². The summed E-state index contributed by atoms with van der Waals surface area (Å²) in [6.07, 6.45) is 8.47. The molecule has 4 fully saturated rings. The predicted octanol–water partition coefficient (Wildman–Crippen LogP) is 4.59. The van der Waals surface area contributed by atoms with E-state index >= 15 is 0 Å². The average molecular weight is 640 g/mol. The molecule has 0 bridgehead atoms. The summed E-state index contributed by atoms with van der Waals surface area (Å²) in [5.74, 6) is 0.375. The SMILES string of the molecule is Cc1cc(-c2nc(C(N)=O)c(Nc3ccc(N4CCC(N5CCN(C)CC5)CC4)c(C)c3)nc2NC2CCC3(CC2)COC3)ccn1. The van der Waals surface area contributed by atoms with Crippen LogP contribution in [-0.4, -0.2) is 102 Å². The van der Waals surface area contributed by atoms with Gasteiger partial charge in [-0.05, 0) is 95.3 Å². The molecule has 1 aromatic carbocycles. The zero-order chi connectivity index (χ0) is 32.5. The van der Waals surface area contributed by atoms with E-state index < -0.39 is 5.91 Å². The number of nitrogens with two attached hydrogens (primary N) is 1. The van der Waals surface area contributed by atoms with Crippen LogP contribution >= 0.6 is 0 Å². The molecule has 7 rings (SSSR count). The molecule has 1 spiro atoms. The van der Waals surface area contributed by atoms with E-state index in [0.717, 1.165) is 82.0 Å². The smallest absolute Gasteiger partial charge is 0.271 e. The summed E-state index contributed by atoms with van der Waals surface area (Å²) >= 11 is 0. The number of piperidine rings is 1. The molecule has 3 saturated heterocycles. The van der Waals surface area contributed by atoms with Gasteiger partial charge in [0.15, 0.2) is 17.3 Å². The van der Waals surface area contributed by atoms with Crippen molar-refractivity contribution in [2.75, 3.05) is 75.1 Å². The van der Waals surface area contributed by atoms with Gasteiger partial charge < -0.3 is 30.9 Å². The molecule has 3 aromatic rings. The third-order valence-corrected chi connectivity index (χ3v) is 10.8. The Hall–Kier alpha value is -3.80. The van der Waals surface area contributed by atoms with Crippen LogP contribution in [-0.2, 0) is 4.74 Å². The van der Waals surface area contributed by atoms with E-state index in [-0.39, 0.29) is 11.7 Å². The number of aromatic nitrogens is 3. The summed E-state index contributed by atoms with van der Waals surface area (Å²) < 4.78 is 5.54. The minimum Gasteiger partial charge on any atom is -0.380 e. The second-order valence-corrected chi connectivity index (χ2v) is 14.3. The van der Waals surface area contributed by atoms with Crippen LogP contribution in [0.2, 0.25) is 0 Å². The fraction of sp³-hybridized carbons (Fsp3) is 0.556. The van der Waals surface area contributed by atoms with E-state index in [1.807, 2.05) is 19.1 Å². The highest BCUT2D eigenvalue weighted by molar-refractivity contribution is 5.97. The average Bonchev–Trinajstić information content (AvgIpc) is 3.05. The third-order valence-electron chi connectivity index (χ3n) is 10.8. The summed E-state index contributed by atoms with van der Waals surface area (Å²) in [6, 6.07) is 11.2. The number of amides is 1. The fourth-order valence-electron chi connectivity index (χ4n) is 7.82. The van der Waals surface area contributed by atoms with E-state index in [2.05, 4.69) is 62.5 Å². The Morgan fingerprint density at radius 2 is 1.68 bits per heavy atom. The standard InChI is InChI=1S/C36H49N9O2/c1-24-20-28(4-5-30(24)45-14-9-29(10-15-45)44-18-16-43(3)17-19-44)40-35-32(33(37)46)41-31(26-8-13-38-25(2)21-26)34(42-35)39-27-6-11-36(12-7-27)22-47-23-36/h4-5,8,13,20-21,27,29H,6-7,9-12,14-19,22-23H2,1-3H3,(H2,37,46)(H2,39,40,42). The van der Waals surface area contributed by atoms with Gasteiger partial charge in [0, 0.05) is 85.6 Å². The molecule has 2 aromatic heterocycles. The molecule has 4 N–H and O–H groups in total. The topological polar surface area (TPSA) is 125 Å². The minimum atomic E-state index is -0.625. The molecule has 0 radical (unpaired) electrons. The number of carbonyl (C=O) groups is 1. The van der Waals surface area contributed by atoms with Gasteiger partial charge in [0.1, 0.15) is 5.69 Å². The maximum Gasteiger partial charge on any atom is 0.271 e. The van der Waals surface area contributed by atoms with Crippen LogP contribution < -0.4 is 21.3 Å². The molecule has 11 nitrogen and oxygen atoms in total. The summed E-state index contributed by atoms with van der Waals surface area (Å²) in [7, 11) is 2.22. The van der Waals surface area contributed by atoms with Crippen molar-refractivity contribution in [2.24, 2.45) is 11.1 Å². The van der Waals surface area contributed by atoms with Crippen molar-refractivity contribution in [1.29, 1.82) is 0 Å². The Morgan fingerprint density at radius 1 is 0.936 bits per heavy atom. The molecule has 0 unspecified atom stereocenters. The number of primary amides is 1. The first kappa shape index (κ1) is 31.8. The summed E-state index contributed by atoms with van der Waals surface area (Å²) in [6.45, 7) is 12.6. The highest BCUT2D eigenvalue weighted by atomic mass is 16.5. The zero-order valence-corrected chi connectivity index (χ0v) is 28.1. The first-order valence-corrected chi connectivity index (χ1v) is 17.3. The molecule has 47 heavy (non-hydrogen) atoms. The van der Waals surface area contributed by atoms with Crippen LogP contribution in [0.1, 0.15) is 60.3 Å². The number of nitrogens with one attached hydrogen (secondary N) is 2. The van der Waals surface area contributed by atoms with Crippen molar-refractivity contribution >= 4 is 28.9 Å². The van der Waals surface area contributed by atoms with Gasteiger partial charge in [0.25, 0.3) is 5.91 Å². The number of hydrogen-bond donors (Lipinski definition) is 3. The molecular formula is C36H49N9O2. The number of hydrogen-bond acceptors (Lipinski definition) is 10. The Bertz CT molecular complexity index is 1580. The number of anilines is 4. The van der Waals surface area contributed by atoms with Gasteiger partial charge >= 0.3 is 0 Å². The van der Waals surface area contributed by atoms with E-state index in [1.54, 1.807) is 6.20 Å². The molecular weight excluding hydrogens is 590 g/mol. The summed E-state index contributed by atoms with van der Waals surface area (Å²) in [5, 5.41) is 7.10. The molecule has 5 heterocycles. The lowest BCUT2D eigenvalue weighted by Crippen LogP contribution is -2.52. The number of nitrogens with zero attached hydrogens (tertiary/aromatic N) is 6. The van der Waals surface area contributed by atoms with Crippen LogP contribution in [0.5, 0.6) is 0 Å². The van der Waals surface area contributed by atoms with Gasteiger partial charge in [-0.2, -0.15) is 0 Å². The van der Waals surface area contributed by atoms with Crippen LogP contribution in [0.15, 0.2) is 36.5 Å². The lowest BCUT2D eigenvalue weighted by atomic mass is 9.71. The van der Waals surface area contributed by atoms with Crippen molar-refractivity contribution in [3.63, 3.8) is 0 Å². The molecule has 1 aliphatic carbocycles. The third kappa shape index (κ3) is 6.93. The van der Waals surface area contributed by atoms with Crippen LogP contribution in [0.25, 0.3) is 11.3 Å². The molecule has 1 amide bonds. The molecule has 1 saturated carbocycles. The second-order valence-electron chi connectivity index (χ2n) is 14.3. The van der Waals surface area contributed by atoms with Crippen LogP contribution in [0.4, 0.5) is 23.0 Å². The maximum absolute atomic E-state index is 12.8. The number of ether oxygens (including phenoxy) is 1. The number of rotatable bonds is 8. The number of likely N-dealkylation sites (N-methyl/N-ethyl adjacent to an activating group) is 1. The highest BCUT2D eigenvalue weighted by Crippen LogP contribution is 2.43. The largest absolute Gasteiger partial charge is 0.380 e. The zero-order valence-electron chi connectivity index (χ0n) is 28.1. The second kappa shape index (κ2) is 13.4. The normalized spacial score (nSPS) is 21.0. The fourth-order valence-corrected chi connectivity index (χ4v) is 7.82. The molecule has 4 aliphatic rings. The highest BCUT2D eigenvalue weighted by Gasteiger charge is 2.41. The first-order valence-electron chi connectivity index (χ1n) is 17.3. The van der Waals surface area contributed by atoms with Gasteiger partial charge in [0.2, 0.25) is 0 Å².